The van der Waals surface area contributed by atoms with Crippen LogP contribution in [0.4, 0.5) is 16.3 Å². The number of urea groups is 1. The van der Waals surface area contributed by atoms with Crippen molar-refractivity contribution < 1.29 is 14.4 Å². The van der Waals surface area contributed by atoms with Crippen molar-refractivity contribution in [2.45, 2.75) is 31.7 Å². The van der Waals surface area contributed by atoms with E-state index in [0.717, 1.165) is 14.9 Å². The summed E-state index contributed by atoms with van der Waals surface area (Å²) >= 11 is 15.8. The lowest BCUT2D eigenvalue weighted by Crippen LogP contribution is -2.49. The Balaban J connectivity index is 1.47. The van der Waals surface area contributed by atoms with Gasteiger partial charge >= 0.3 is 6.03 Å². The molecule has 0 bridgehead atoms. The molecule has 2 heterocycles. The predicted molar refractivity (Wildman–Crippen MR) is 156 cm³/mol. The lowest BCUT2D eigenvalue weighted by Gasteiger charge is -2.32. The monoisotopic (exact) mass is 632 g/mol. The van der Waals surface area contributed by atoms with E-state index in [1.54, 1.807) is 42.2 Å². The van der Waals surface area contributed by atoms with Gasteiger partial charge in [0.05, 0.1) is 11.3 Å². The van der Waals surface area contributed by atoms with Gasteiger partial charge in [0.15, 0.2) is 0 Å². The van der Waals surface area contributed by atoms with Crippen LogP contribution in [0.15, 0.2) is 65.3 Å². The highest BCUT2D eigenvalue weighted by Crippen LogP contribution is 2.37. The third-order valence-electron chi connectivity index (χ3n) is 6.52. The minimum absolute atomic E-state index is 0.261. The molecule has 1 fully saturated rings. The topological polar surface area (TPSA) is 121 Å². The first kappa shape index (κ1) is 28.8. The number of unbranched alkanes of at least 4 members (excludes halogenated alkanes) is 1. The number of hydrazine groups is 1. The molecule has 1 atom stereocenters. The van der Waals surface area contributed by atoms with Gasteiger partial charge in [-0.25, -0.2) is 20.5 Å². The highest BCUT2D eigenvalue weighted by atomic mass is 79.9. The van der Waals surface area contributed by atoms with Crippen LogP contribution in [-0.4, -0.2) is 46.4 Å². The molecule has 12 heteroatoms. The fourth-order valence-corrected chi connectivity index (χ4v) is 5.28. The molecule has 4 N–H and O–H groups in total. The van der Waals surface area contributed by atoms with Gasteiger partial charge in [-0.1, -0.05) is 51.3 Å². The van der Waals surface area contributed by atoms with Gasteiger partial charge in [-0.15, -0.1) is 0 Å². The Morgan fingerprint density at radius 1 is 1.05 bits per heavy atom. The molecule has 1 saturated heterocycles. The first-order valence-electron chi connectivity index (χ1n) is 12.2. The van der Waals surface area contributed by atoms with Crippen LogP contribution in [0.5, 0.6) is 0 Å². The van der Waals surface area contributed by atoms with E-state index in [0.29, 0.717) is 59.5 Å². The standard InChI is InChI=1S/C27H27BrCl2N6O3/c1-27(15-17-4-7-19(28)8-5-17)25(38)36(22-13-20(29)12-21(30)14-22)26(39)35(27)11-3-2-10-32-24(37)18-6-9-23(34-31)33-16-18/h4-9,12-14,16H,2-3,10-11,15,31H2,1H3,(H,32,37)(H,33,34)/t27-/m1/s1. The number of anilines is 2. The van der Waals surface area contributed by atoms with Crippen molar-refractivity contribution in [2.24, 2.45) is 5.84 Å². The maximum Gasteiger partial charge on any atom is 0.332 e. The highest BCUT2D eigenvalue weighted by molar-refractivity contribution is 9.10. The first-order chi connectivity index (χ1) is 18.6. The Bertz CT molecular complexity index is 1350. The Kier molecular flexibility index (Phi) is 9.12. The number of carbonyl (C=O) groups excluding carboxylic acids is 3. The van der Waals surface area contributed by atoms with E-state index in [2.05, 4.69) is 31.7 Å². The Morgan fingerprint density at radius 2 is 1.74 bits per heavy atom. The van der Waals surface area contributed by atoms with Gasteiger partial charge in [0.1, 0.15) is 11.4 Å². The molecular weight excluding hydrogens is 607 g/mol. The third-order valence-corrected chi connectivity index (χ3v) is 7.48. The Labute approximate surface area is 244 Å². The number of pyridine rings is 1. The van der Waals surface area contributed by atoms with E-state index in [9.17, 15) is 14.4 Å². The van der Waals surface area contributed by atoms with Crippen molar-refractivity contribution in [3.05, 3.63) is 86.4 Å². The van der Waals surface area contributed by atoms with E-state index in [4.69, 9.17) is 29.0 Å². The number of carbonyl (C=O) groups is 3. The lowest BCUT2D eigenvalue weighted by molar-refractivity contribution is -0.124. The highest BCUT2D eigenvalue weighted by Gasteiger charge is 2.54. The van der Waals surface area contributed by atoms with Gasteiger partial charge in [0.25, 0.3) is 11.8 Å². The van der Waals surface area contributed by atoms with Crippen molar-refractivity contribution >= 4 is 68.5 Å². The normalized spacial score (nSPS) is 17.1. The minimum Gasteiger partial charge on any atom is -0.352 e. The molecule has 1 aliphatic rings. The number of nitrogens with zero attached hydrogens (tertiary/aromatic N) is 3. The number of nitrogens with two attached hydrogens (primary N) is 1. The summed E-state index contributed by atoms with van der Waals surface area (Å²) in [6, 6.07) is 15.1. The zero-order valence-electron chi connectivity index (χ0n) is 21.1. The van der Waals surface area contributed by atoms with Crippen molar-refractivity contribution in [3.8, 4) is 0 Å². The van der Waals surface area contributed by atoms with Gasteiger partial charge in [-0.05, 0) is 67.8 Å². The lowest BCUT2D eigenvalue weighted by atomic mass is 9.91. The molecule has 4 amide bonds. The largest absolute Gasteiger partial charge is 0.352 e. The zero-order chi connectivity index (χ0) is 28.2. The quantitative estimate of drug-likeness (QED) is 0.119. The first-order valence-corrected chi connectivity index (χ1v) is 13.7. The van der Waals surface area contributed by atoms with E-state index in [-0.39, 0.29) is 11.8 Å². The molecule has 2 aromatic carbocycles. The number of amides is 4. The molecule has 0 saturated carbocycles. The number of halogens is 3. The van der Waals surface area contributed by atoms with Crippen LogP contribution < -0.4 is 21.5 Å². The van der Waals surface area contributed by atoms with Gasteiger partial charge in [-0.3, -0.25) is 9.59 Å². The number of aromatic nitrogens is 1. The summed E-state index contributed by atoms with van der Waals surface area (Å²) in [7, 11) is 0. The second kappa shape index (κ2) is 12.3. The zero-order valence-corrected chi connectivity index (χ0v) is 24.2. The van der Waals surface area contributed by atoms with Crippen LogP contribution in [0, 0.1) is 0 Å². The van der Waals surface area contributed by atoms with Crippen molar-refractivity contribution in [1.82, 2.24) is 15.2 Å². The molecule has 1 aliphatic heterocycles. The summed E-state index contributed by atoms with van der Waals surface area (Å²) in [6.07, 6.45) is 2.92. The van der Waals surface area contributed by atoms with E-state index < -0.39 is 11.6 Å². The molecule has 4 rings (SSSR count). The number of nitrogens with one attached hydrogen (secondary N) is 2. The molecule has 0 radical (unpaired) electrons. The summed E-state index contributed by atoms with van der Waals surface area (Å²) in [4.78, 5) is 46.6. The molecule has 0 unspecified atom stereocenters. The van der Waals surface area contributed by atoms with Crippen molar-refractivity contribution in [2.75, 3.05) is 23.4 Å². The fraction of sp³-hybridized carbons (Fsp3) is 0.259. The number of hydrogen-bond acceptors (Lipinski definition) is 6. The average molecular weight is 634 g/mol. The van der Waals surface area contributed by atoms with Crippen LogP contribution in [0.3, 0.4) is 0 Å². The van der Waals surface area contributed by atoms with Gasteiger partial charge in [0.2, 0.25) is 0 Å². The summed E-state index contributed by atoms with van der Waals surface area (Å²) in [6.45, 7) is 2.48. The summed E-state index contributed by atoms with van der Waals surface area (Å²) in [5, 5.41) is 3.50. The van der Waals surface area contributed by atoms with Crippen molar-refractivity contribution in [3.63, 3.8) is 0 Å². The fourth-order valence-electron chi connectivity index (χ4n) is 4.50. The molecule has 204 valence electrons. The molecular formula is C27H27BrCl2N6O3. The second-order valence-corrected chi connectivity index (χ2v) is 11.1. The van der Waals surface area contributed by atoms with Gasteiger partial charge in [0, 0.05) is 40.2 Å². The van der Waals surface area contributed by atoms with E-state index in [1.165, 1.54) is 6.20 Å². The Hall–Kier alpha value is -3.18. The SMILES string of the molecule is C[C@@]1(Cc2ccc(Br)cc2)C(=O)N(c2cc(Cl)cc(Cl)c2)C(=O)N1CCCCNC(=O)c1ccc(NN)nc1. The van der Waals surface area contributed by atoms with Gasteiger partial charge in [-0.2, -0.15) is 0 Å². The van der Waals surface area contributed by atoms with E-state index >= 15 is 0 Å². The average Bonchev–Trinajstić information content (AvgIpc) is 3.09. The molecule has 39 heavy (non-hydrogen) atoms. The van der Waals surface area contributed by atoms with Crippen LogP contribution >= 0.6 is 39.1 Å². The summed E-state index contributed by atoms with van der Waals surface area (Å²) in [5.41, 5.74) is 2.92. The summed E-state index contributed by atoms with van der Waals surface area (Å²) < 4.78 is 0.919. The number of nitrogen functional groups attached to an aromatic ring is 1. The smallest absolute Gasteiger partial charge is 0.332 e. The predicted octanol–water partition coefficient (Wildman–Crippen LogP) is 5.42. The number of benzene rings is 2. The van der Waals surface area contributed by atoms with E-state index in [1.807, 2.05) is 24.3 Å². The molecule has 3 aromatic rings. The Morgan fingerprint density at radius 3 is 2.36 bits per heavy atom. The summed E-state index contributed by atoms with van der Waals surface area (Å²) in [5.74, 6) is 5.14. The molecule has 1 aromatic heterocycles. The maximum absolute atomic E-state index is 13.8. The molecule has 0 aliphatic carbocycles. The maximum atomic E-state index is 13.8. The second-order valence-electron chi connectivity index (χ2n) is 9.32. The van der Waals surface area contributed by atoms with Crippen LogP contribution in [-0.2, 0) is 11.2 Å². The minimum atomic E-state index is -1.13. The van der Waals surface area contributed by atoms with Crippen molar-refractivity contribution in [1.29, 1.82) is 0 Å². The van der Waals surface area contributed by atoms with Crippen LogP contribution in [0.1, 0.15) is 35.7 Å². The molecule has 9 nitrogen and oxygen atoms in total. The van der Waals surface area contributed by atoms with Gasteiger partial charge < -0.3 is 15.6 Å². The third kappa shape index (κ3) is 6.52. The van der Waals surface area contributed by atoms with Crippen LogP contribution in [0.25, 0.3) is 0 Å². The number of imide groups is 1. The number of hydrogen-bond donors (Lipinski definition) is 3. The number of rotatable bonds is 10. The van der Waals surface area contributed by atoms with Crippen LogP contribution in [0.2, 0.25) is 10.0 Å². The molecule has 0 spiro atoms.